The topological polar surface area (TPSA) is 50.1 Å². The number of aromatic nitrogens is 4. The normalized spacial score (nSPS) is 17.3. The zero-order valence-corrected chi connectivity index (χ0v) is 17.7. The lowest BCUT2D eigenvalue weighted by molar-refractivity contribution is 0.156. The van der Waals surface area contributed by atoms with Crippen molar-refractivity contribution in [3.8, 4) is 0 Å². The van der Waals surface area contributed by atoms with E-state index >= 15 is 0 Å². The molecule has 0 unspecified atom stereocenters. The van der Waals surface area contributed by atoms with Crippen LogP contribution >= 0.6 is 0 Å². The molecule has 1 fully saturated rings. The van der Waals surface area contributed by atoms with Crippen molar-refractivity contribution in [1.82, 2.24) is 25.1 Å². The lowest BCUT2D eigenvalue weighted by atomic mass is 10.0. The molecule has 0 saturated carbocycles. The Kier molecular flexibility index (Phi) is 5.84. The highest BCUT2D eigenvalue weighted by Gasteiger charge is 2.31. The predicted octanol–water partition coefficient (Wildman–Crippen LogP) is 3.71. The highest BCUT2D eigenvalue weighted by molar-refractivity contribution is 5.55. The molecule has 1 aromatic carbocycles. The van der Waals surface area contributed by atoms with Crippen LogP contribution in [0.2, 0.25) is 0 Å². The van der Waals surface area contributed by atoms with Crippen molar-refractivity contribution in [2.24, 2.45) is 0 Å². The second-order valence-electron chi connectivity index (χ2n) is 8.74. The highest BCUT2D eigenvalue weighted by atomic mass is 15.6. The minimum absolute atomic E-state index is 0.106. The maximum atomic E-state index is 4.43. The summed E-state index contributed by atoms with van der Waals surface area (Å²) in [6.07, 6.45) is 2.21. The molecule has 1 aromatic heterocycles. The molecule has 2 heterocycles. The Morgan fingerprint density at radius 3 is 2.41 bits per heavy atom. The molecule has 0 radical (unpaired) electrons. The van der Waals surface area contributed by atoms with Crippen LogP contribution in [-0.2, 0) is 5.54 Å². The van der Waals surface area contributed by atoms with Crippen molar-refractivity contribution < 1.29 is 0 Å². The van der Waals surface area contributed by atoms with Gasteiger partial charge in [-0.15, -0.1) is 5.10 Å². The fourth-order valence-electron chi connectivity index (χ4n) is 3.96. The number of benzene rings is 1. The van der Waals surface area contributed by atoms with Crippen molar-refractivity contribution in [2.75, 3.05) is 31.1 Å². The van der Waals surface area contributed by atoms with Crippen LogP contribution in [0.5, 0.6) is 0 Å². The summed E-state index contributed by atoms with van der Waals surface area (Å²) >= 11 is 0. The van der Waals surface area contributed by atoms with Gasteiger partial charge in [0.05, 0.1) is 11.6 Å². The molecule has 1 aliphatic rings. The monoisotopic (exact) mass is 370 g/mol. The Morgan fingerprint density at radius 1 is 1.07 bits per heavy atom. The van der Waals surface area contributed by atoms with E-state index in [1.165, 1.54) is 16.8 Å². The molecule has 0 spiro atoms. The highest BCUT2D eigenvalue weighted by Crippen LogP contribution is 2.30. The molecule has 0 aliphatic carbocycles. The minimum Gasteiger partial charge on any atom is -0.369 e. The molecule has 148 valence electrons. The van der Waals surface area contributed by atoms with Crippen molar-refractivity contribution in [1.29, 1.82) is 0 Å². The maximum Gasteiger partial charge on any atom is 0.168 e. The van der Waals surface area contributed by atoms with Crippen LogP contribution in [0.15, 0.2) is 18.2 Å². The largest absolute Gasteiger partial charge is 0.369 e. The molecule has 1 atom stereocenters. The lowest BCUT2D eigenvalue weighted by Gasteiger charge is -2.40. The standard InChI is InChI=1S/C21H34N6/c1-7-8-18(20-22-23-24-27(20)21(4,5)6)25-11-13-26(14-12-25)19-15-16(2)9-10-17(19)3/h9-10,15,18H,7-8,11-14H2,1-6H3/t18-/m0/s1. The average Bonchev–Trinajstić information content (AvgIpc) is 3.12. The van der Waals surface area contributed by atoms with Gasteiger partial charge >= 0.3 is 0 Å². The second kappa shape index (κ2) is 7.97. The quantitative estimate of drug-likeness (QED) is 0.803. The number of piperazine rings is 1. The Morgan fingerprint density at radius 2 is 1.78 bits per heavy atom. The van der Waals surface area contributed by atoms with Crippen LogP contribution in [0, 0.1) is 13.8 Å². The van der Waals surface area contributed by atoms with Gasteiger partial charge in [-0.2, -0.15) is 0 Å². The fraction of sp³-hybridized carbons (Fsp3) is 0.667. The van der Waals surface area contributed by atoms with Gasteiger partial charge in [-0.25, -0.2) is 4.68 Å². The summed E-state index contributed by atoms with van der Waals surface area (Å²) in [7, 11) is 0. The van der Waals surface area contributed by atoms with Gasteiger partial charge in [0.2, 0.25) is 0 Å². The third kappa shape index (κ3) is 4.32. The summed E-state index contributed by atoms with van der Waals surface area (Å²) in [6.45, 7) is 17.3. The summed E-state index contributed by atoms with van der Waals surface area (Å²) < 4.78 is 2.00. The molecular weight excluding hydrogens is 336 g/mol. The Bertz CT molecular complexity index is 752. The van der Waals surface area contributed by atoms with Crippen molar-refractivity contribution >= 4 is 5.69 Å². The van der Waals surface area contributed by atoms with Gasteiger partial charge in [0.1, 0.15) is 0 Å². The number of hydrogen-bond donors (Lipinski definition) is 0. The number of nitrogens with zero attached hydrogens (tertiary/aromatic N) is 6. The first-order valence-electron chi connectivity index (χ1n) is 10.2. The number of hydrogen-bond acceptors (Lipinski definition) is 5. The van der Waals surface area contributed by atoms with E-state index in [9.17, 15) is 0 Å². The SMILES string of the molecule is CCC[C@@H](c1nnnn1C(C)(C)C)N1CCN(c2cc(C)ccc2C)CC1. The second-order valence-corrected chi connectivity index (χ2v) is 8.74. The predicted molar refractivity (Wildman–Crippen MR) is 110 cm³/mol. The van der Waals surface area contributed by atoms with E-state index in [1.807, 2.05) is 4.68 Å². The number of rotatable bonds is 5. The zero-order valence-electron chi connectivity index (χ0n) is 17.7. The first-order valence-corrected chi connectivity index (χ1v) is 10.2. The van der Waals surface area contributed by atoms with Crippen molar-refractivity contribution in [3.63, 3.8) is 0 Å². The molecule has 1 saturated heterocycles. The summed E-state index contributed by atoms with van der Waals surface area (Å²) in [5.41, 5.74) is 3.95. The number of aryl methyl sites for hydroxylation is 2. The van der Waals surface area contributed by atoms with Crippen molar-refractivity contribution in [2.45, 2.75) is 66.0 Å². The fourth-order valence-corrected chi connectivity index (χ4v) is 3.96. The third-order valence-electron chi connectivity index (χ3n) is 5.45. The molecule has 27 heavy (non-hydrogen) atoms. The molecule has 0 bridgehead atoms. The molecule has 2 aromatic rings. The lowest BCUT2D eigenvalue weighted by Crippen LogP contribution is -2.48. The van der Waals surface area contributed by atoms with Gasteiger partial charge < -0.3 is 4.90 Å². The van der Waals surface area contributed by atoms with E-state index in [-0.39, 0.29) is 11.6 Å². The first-order chi connectivity index (χ1) is 12.8. The smallest absolute Gasteiger partial charge is 0.168 e. The third-order valence-corrected chi connectivity index (χ3v) is 5.45. The van der Waals surface area contributed by atoms with Crippen LogP contribution in [0.25, 0.3) is 0 Å². The van der Waals surface area contributed by atoms with Gasteiger partial charge in [-0.05, 0) is 68.7 Å². The van der Waals surface area contributed by atoms with Crippen LogP contribution in [-0.4, -0.2) is 51.3 Å². The number of anilines is 1. The zero-order chi connectivity index (χ0) is 19.6. The van der Waals surface area contributed by atoms with Gasteiger partial charge in [0, 0.05) is 31.9 Å². The number of tetrazole rings is 1. The van der Waals surface area contributed by atoms with Crippen LogP contribution < -0.4 is 4.90 Å². The van der Waals surface area contributed by atoms with Crippen LogP contribution in [0.3, 0.4) is 0 Å². The van der Waals surface area contributed by atoms with Gasteiger partial charge in [-0.3, -0.25) is 4.90 Å². The maximum absolute atomic E-state index is 4.43. The van der Waals surface area contributed by atoms with Crippen LogP contribution in [0.4, 0.5) is 5.69 Å². The summed E-state index contributed by atoms with van der Waals surface area (Å²) in [4.78, 5) is 5.09. The van der Waals surface area contributed by atoms with E-state index < -0.39 is 0 Å². The van der Waals surface area contributed by atoms with E-state index in [1.54, 1.807) is 0 Å². The summed E-state index contributed by atoms with van der Waals surface area (Å²) in [5.74, 6) is 1.00. The molecular formula is C21H34N6. The van der Waals surface area contributed by atoms with E-state index in [0.717, 1.165) is 44.8 Å². The van der Waals surface area contributed by atoms with E-state index in [2.05, 4.69) is 85.1 Å². The summed E-state index contributed by atoms with van der Waals surface area (Å²) in [6, 6.07) is 7.02. The molecule has 6 nitrogen and oxygen atoms in total. The van der Waals surface area contributed by atoms with E-state index in [0.29, 0.717) is 0 Å². The average molecular weight is 371 g/mol. The molecule has 3 rings (SSSR count). The molecule has 0 N–H and O–H groups in total. The van der Waals surface area contributed by atoms with Gasteiger partial charge in [0.15, 0.2) is 5.82 Å². The summed E-state index contributed by atoms with van der Waals surface area (Å²) in [5, 5.41) is 12.7. The van der Waals surface area contributed by atoms with Crippen LogP contribution in [0.1, 0.15) is 63.5 Å². The Labute approximate surface area is 163 Å². The molecule has 0 amide bonds. The molecule has 1 aliphatic heterocycles. The van der Waals surface area contributed by atoms with Gasteiger partial charge in [-0.1, -0.05) is 25.5 Å². The van der Waals surface area contributed by atoms with Gasteiger partial charge in [0.25, 0.3) is 0 Å². The minimum atomic E-state index is -0.106. The first kappa shape index (κ1) is 19.8. The van der Waals surface area contributed by atoms with Crippen molar-refractivity contribution in [3.05, 3.63) is 35.2 Å². The Balaban J connectivity index is 1.76. The van der Waals surface area contributed by atoms with E-state index in [4.69, 9.17) is 0 Å². The Hall–Kier alpha value is -1.95. The molecule has 6 heteroatoms.